The van der Waals surface area contributed by atoms with E-state index in [0.717, 1.165) is 0 Å². The van der Waals surface area contributed by atoms with E-state index in [1.54, 1.807) is 6.07 Å². The number of anilines is 1. The number of benzene rings is 1. The lowest BCUT2D eigenvalue weighted by Crippen LogP contribution is -2.15. The first-order chi connectivity index (χ1) is 10.4. The van der Waals surface area contributed by atoms with Crippen molar-refractivity contribution in [2.75, 3.05) is 4.72 Å². The number of halogens is 3. The van der Waals surface area contributed by atoms with Gasteiger partial charge in [-0.15, -0.1) is 5.10 Å². The van der Waals surface area contributed by atoms with E-state index in [-0.39, 0.29) is 26.7 Å². The molecule has 0 amide bonds. The van der Waals surface area contributed by atoms with Crippen molar-refractivity contribution >= 4 is 56.3 Å². The second-order valence-corrected chi connectivity index (χ2v) is 6.87. The number of hydrogen-bond donors (Lipinski definition) is 1. The van der Waals surface area contributed by atoms with Crippen molar-refractivity contribution < 1.29 is 8.42 Å². The van der Waals surface area contributed by atoms with Gasteiger partial charge in [0.1, 0.15) is 5.15 Å². The van der Waals surface area contributed by atoms with Gasteiger partial charge in [0.25, 0.3) is 21.0 Å². The quantitative estimate of drug-likeness (QED) is 0.708. The molecule has 0 saturated heterocycles. The highest BCUT2D eigenvalue weighted by atomic mass is 35.5. The summed E-state index contributed by atoms with van der Waals surface area (Å²) in [4.78, 5) is 7.68. The van der Waals surface area contributed by atoms with E-state index in [1.807, 2.05) is 0 Å². The molecule has 3 rings (SSSR count). The molecule has 1 aromatic carbocycles. The summed E-state index contributed by atoms with van der Waals surface area (Å²) in [5, 5.41) is 3.83. The first-order valence-electron chi connectivity index (χ1n) is 5.72. The van der Waals surface area contributed by atoms with Crippen LogP contribution < -0.4 is 4.72 Å². The third-order valence-corrected chi connectivity index (χ3v) is 4.56. The van der Waals surface area contributed by atoms with Crippen LogP contribution in [0.25, 0.3) is 5.78 Å². The zero-order valence-electron chi connectivity index (χ0n) is 10.5. The summed E-state index contributed by atoms with van der Waals surface area (Å²) in [5.41, 5.74) is 0.0516. The zero-order chi connectivity index (χ0) is 15.9. The number of nitrogens with zero attached hydrogens (tertiary/aromatic N) is 4. The Labute approximate surface area is 139 Å². The van der Waals surface area contributed by atoms with Crippen molar-refractivity contribution in [1.29, 1.82) is 0 Å². The first kappa shape index (κ1) is 15.3. The van der Waals surface area contributed by atoms with Gasteiger partial charge in [-0.2, -0.15) is 18.4 Å². The second kappa shape index (κ2) is 5.54. The van der Waals surface area contributed by atoms with E-state index in [4.69, 9.17) is 34.8 Å². The van der Waals surface area contributed by atoms with Gasteiger partial charge in [0, 0.05) is 6.20 Å². The predicted octanol–water partition coefficient (Wildman–Crippen LogP) is 2.89. The van der Waals surface area contributed by atoms with E-state index in [0.29, 0.717) is 0 Å². The Morgan fingerprint density at radius 3 is 2.41 bits per heavy atom. The number of sulfonamides is 1. The first-order valence-corrected chi connectivity index (χ1v) is 8.34. The van der Waals surface area contributed by atoms with Crippen molar-refractivity contribution in [3.05, 3.63) is 45.7 Å². The monoisotopic (exact) mass is 377 g/mol. The molecule has 114 valence electrons. The van der Waals surface area contributed by atoms with E-state index >= 15 is 0 Å². The molecule has 0 aliphatic heterocycles. The van der Waals surface area contributed by atoms with Gasteiger partial charge in [0.2, 0.25) is 0 Å². The predicted molar refractivity (Wildman–Crippen MR) is 83.1 cm³/mol. The topological polar surface area (TPSA) is 89.2 Å². The fourth-order valence-corrected chi connectivity index (χ4v) is 3.34. The van der Waals surface area contributed by atoms with Gasteiger partial charge in [-0.1, -0.05) is 40.9 Å². The van der Waals surface area contributed by atoms with E-state index in [1.165, 1.54) is 28.9 Å². The van der Waals surface area contributed by atoms with Crippen LogP contribution in [0.3, 0.4) is 0 Å². The van der Waals surface area contributed by atoms with Crippen LogP contribution in [0.15, 0.2) is 35.6 Å². The highest BCUT2D eigenvalue weighted by Gasteiger charge is 2.23. The Balaban J connectivity index is 2.05. The van der Waals surface area contributed by atoms with Crippen LogP contribution in [0.2, 0.25) is 15.2 Å². The number of aromatic nitrogens is 4. The lowest BCUT2D eigenvalue weighted by atomic mass is 10.3. The molecule has 1 N–H and O–H groups in total. The van der Waals surface area contributed by atoms with Gasteiger partial charge in [0.15, 0.2) is 0 Å². The second-order valence-electron chi connectivity index (χ2n) is 4.09. The molecule has 7 nitrogen and oxygen atoms in total. The molecule has 2 aromatic heterocycles. The van der Waals surface area contributed by atoms with Crippen LogP contribution in [0.4, 0.5) is 5.69 Å². The molecule has 0 fully saturated rings. The standard InChI is InChI=1S/C11H6Cl3N5O2S/c12-6-2-1-3-7(13)9(6)18-22(20,21)11-16-10-15-8(14)4-5-19(10)17-11/h1-5,18H. The lowest BCUT2D eigenvalue weighted by Gasteiger charge is -2.08. The molecule has 0 unspecified atom stereocenters. The molecule has 0 aliphatic rings. The van der Waals surface area contributed by atoms with Gasteiger partial charge in [0.05, 0.1) is 15.7 Å². The van der Waals surface area contributed by atoms with E-state index in [9.17, 15) is 8.42 Å². The van der Waals surface area contributed by atoms with Gasteiger partial charge in [-0.05, 0) is 18.2 Å². The Bertz CT molecular complexity index is 953. The fraction of sp³-hybridized carbons (Fsp3) is 0. The van der Waals surface area contributed by atoms with Gasteiger partial charge in [-0.3, -0.25) is 4.72 Å². The van der Waals surface area contributed by atoms with Crippen molar-refractivity contribution in [1.82, 2.24) is 19.6 Å². The third kappa shape index (κ3) is 2.82. The Kier molecular flexibility index (Phi) is 3.85. The van der Waals surface area contributed by atoms with E-state index < -0.39 is 15.2 Å². The van der Waals surface area contributed by atoms with Gasteiger partial charge >= 0.3 is 0 Å². The van der Waals surface area contributed by atoms with Crippen molar-refractivity contribution in [2.45, 2.75) is 5.16 Å². The molecule has 3 aromatic rings. The van der Waals surface area contributed by atoms with Gasteiger partial charge in [-0.25, -0.2) is 4.52 Å². The summed E-state index contributed by atoms with van der Waals surface area (Å²) in [6.07, 6.45) is 1.44. The number of rotatable bonds is 3. The Morgan fingerprint density at radius 1 is 1.05 bits per heavy atom. The maximum absolute atomic E-state index is 12.3. The zero-order valence-corrected chi connectivity index (χ0v) is 13.6. The molecule has 0 bridgehead atoms. The number of nitrogens with one attached hydrogen (secondary N) is 1. The molecular formula is C11H6Cl3N5O2S. The fourth-order valence-electron chi connectivity index (χ4n) is 1.63. The molecule has 0 saturated carbocycles. The summed E-state index contributed by atoms with van der Waals surface area (Å²) < 4.78 is 28.1. The molecule has 0 aliphatic carbocycles. The summed E-state index contributed by atoms with van der Waals surface area (Å²) in [6.45, 7) is 0. The van der Waals surface area contributed by atoms with Crippen LogP contribution in [0.5, 0.6) is 0 Å². The van der Waals surface area contributed by atoms with Crippen molar-refractivity contribution in [3.63, 3.8) is 0 Å². The van der Waals surface area contributed by atoms with Crippen LogP contribution in [0, 0.1) is 0 Å². The lowest BCUT2D eigenvalue weighted by molar-refractivity contribution is 0.592. The smallest absolute Gasteiger partial charge is 0.274 e. The number of fused-ring (bicyclic) bond motifs is 1. The minimum Gasteiger partial charge on any atom is -0.274 e. The molecule has 0 atom stereocenters. The SMILES string of the molecule is O=S(=O)(Nc1c(Cl)cccc1Cl)c1nc2nc(Cl)ccn2n1. The van der Waals surface area contributed by atoms with Crippen molar-refractivity contribution in [2.24, 2.45) is 0 Å². The molecule has 22 heavy (non-hydrogen) atoms. The largest absolute Gasteiger partial charge is 0.299 e. The number of para-hydroxylation sites is 1. The molecule has 0 radical (unpaired) electrons. The van der Waals surface area contributed by atoms with Crippen LogP contribution >= 0.6 is 34.8 Å². The van der Waals surface area contributed by atoms with Crippen LogP contribution in [-0.4, -0.2) is 28.0 Å². The maximum atomic E-state index is 12.3. The minimum absolute atomic E-state index is 0.0516. The molecular weight excluding hydrogens is 373 g/mol. The third-order valence-electron chi connectivity index (χ3n) is 2.59. The summed E-state index contributed by atoms with van der Waals surface area (Å²) in [5.74, 6) is 0.0538. The Morgan fingerprint density at radius 2 is 1.73 bits per heavy atom. The number of hydrogen-bond acceptors (Lipinski definition) is 5. The van der Waals surface area contributed by atoms with Crippen LogP contribution in [-0.2, 0) is 10.0 Å². The average Bonchev–Trinajstić information content (AvgIpc) is 2.87. The molecule has 2 heterocycles. The Hall–Kier alpha value is -1.61. The summed E-state index contributed by atoms with van der Waals surface area (Å²) in [6, 6.07) is 6.06. The van der Waals surface area contributed by atoms with Crippen molar-refractivity contribution in [3.8, 4) is 0 Å². The normalized spacial score (nSPS) is 11.8. The molecule has 11 heteroatoms. The molecule has 0 spiro atoms. The van der Waals surface area contributed by atoms with Crippen LogP contribution in [0.1, 0.15) is 0 Å². The maximum Gasteiger partial charge on any atom is 0.299 e. The summed E-state index contributed by atoms with van der Waals surface area (Å²) in [7, 11) is -4.08. The highest BCUT2D eigenvalue weighted by molar-refractivity contribution is 7.92. The minimum atomic E-state index is -4.08. The average molecular weight is 379 g/mol. The van der Waals surface area contributed by atoms with Gasteiger partial charge < -0.3 is 0 Å². The van der Waals surface area contributed by atoms with E-state index in [2.05, 4.69) is 19.8 Å². The summed E-state index contributed by atoms with van der Waals surface area (Å²) >= 11 is 17.6. The highest BCUT2D eigenvalue weighted by Crippen LogP contribution is 2.31.